The van der Waals surface area contributed by atoms with E-state index in [1.54, 1.807) is 6.20 Å². The molecule has 0 bridgehead atoms. The molecular formula is C19H21ClN2O2. The van der Waals surface area contributed by atoms with Gasteiger partial charge in [0, 0.05) is 32.1 Å². The second-order valence-corrected chi connectivity index (χ2v) is 6.61. The van der Waals surface area contributed by atoms with Crippen LogP contribution < -0.4 is 4.90 Å². The summed E-state index contributed by atoms with van der Waals surface area (Å²) in [6, 6.07) is 11.7. The fraction of sp³-hybridized carbons (Fsp3) is 0.368. The summed E-state index contributed by atoms with van der Waals surface area (Å²) in [5, 5.41) is 0.638. The number of piperidine rings is 1. The molecule has 4 nitrogen and oxygen atoms in total. The van der Waals surface area contributed by atoms with Crippen LogP contribution in [-0.2, 0) is 16.0 Å². The normalized spacial score (nSPS) is 15.3. The monoisotopic (exact) mass is 344 g/mol. The predicted octanol–water partition coefficient (Wildman–Crippen LogP) is 3.80. The average Bonchev–Trinajstić information content (AvgIpc) is 2.56. The van der Waals surface area contributed by atoms with Gasteiger partial charge in [0.15, 0.2) is 0 Å². The number of halogens is 1. The van der Waals surface area contributed by atoms with Gasteiger partial charge >= 0.3 is 5.97 Å². The van der Waals surface area contributed by atoms with Crippen LogP contribution in [-0.4, -0.2) is 30.1 Å². The molecule has 0 amide bonds. The highest BCUT2D eigenvalue weighted by Crippen LogP contribution is 2.21. The molecule has 126 valence electrons. The molecule has 0 saturated carbocycles. The highest BCUT2D eigenvalue weighted by molar-refractivity contribution is 6.30. The number of esters is 1. The summed E-state index contributed by atoms with van der Waals surface area (Å²) in [5.41, 5.74) is 2.16. The number of aryl methyl sites for hydroxylation is 1. The molecule has 2 aromatic rings. The van der Waals surface area contributed by atoms with Crippen molar-refractivity contribution in [2.75, 3.05) is 18.0 Å². The lowest BCUT2D eigenvalue weighted by Gasteiger charge is -2.32. The Bertz CT molecular complexity index is 695. The molecule has 0 N–H and O–H groups in total. The topological polar surface area (TPSA) is 42.4 Å². The number of anilines is 1. The van der Waals surface area contributed by atoms with Crippen molar-refractivity contribution >= 4 is 23.4 Å². The number of carbonyl (C=O) groups is 1. The molecule has 1 fully saturated rings. The Kier molecular flexibility index (Phi) is 5.36. The molecule has 0 atom stereocenters. The van der Waals surface area contributed by atoms with Gasteiger partial charge < -0.3 is 9.64 Å². The number of hydrogen-bond acceptors (Lipinski definition) is 4. The van der Waals surface area contributed by atoms with Crippen molar-refractivity contribution in [3.05, 3.63) is 58.7 Å². The van der Waals surface area contributed by atoms with Crippen molar-refractivity contribution in [2.24, 2.45) is 0 Å². The molecule has 2 heterocycles. The van der Waals surface area contributed by atoms with Crippen LogP contribution in [0.1, 0.15) is 24.0 Å². The number of pyridine rings is 1. The summed E-state index contributed by atoms with van der Waals surface area (Å²) in [7, 11) is 0. The molecule has 1 aromatic carbocycles. The number of aromatic nitrogens is 1. The first-order chi connectivity index (χ1) is 11.6. The van der Waals surface area contributed by atoms with Gasteiger partial charge in [0.2, 0.25) is 0 Å². The molecule has 1 aromatic heterocycles. The Morgan fingerprint density at radius 3 is 2.75 bits per heavy atom. The third kappa shape index (κ3) is 4.48. The number of carbonyl (C=O) groups excluding carboxylic acids is 1. The van der Waals surface area contributed by atoms with E-state index in [9.17, 15) is 4.79 Å². The molecule has 1 aliphatic rings. The number of hydrogen-bond donors (Lipinski definition) is 0. The van der Waals surface area contributed by atoms with Crippen molar-refractivity contribution in [2.45, 2.75) is 32.3 Å². The molecule has 0 spiro atoms. The Balaban J connectivity index is 1.48. The Labute approximate surface area is 147 Å². The highest BCUT2D eigenvalue weighted by atomic mass is 35.5. The van der Waals surface area contributed by atoms with E-state index in [2.05, 4.69) is 9.88 Å². The third-order valence-corrected chi connectivity index (χ3v) is 4.43. The Morgan fingerprint density at radius 2 is 2.08 bits per heavy atom. The van der Waals surface area contributed by atoms with Gasteiger partial charge in [-0.3, -0.25) is 4.79 Å². The maximum Gasteiger partial charge on any atom is 0.310 e. The van der Waals surface area contributed by atoms with Gasteiger partial charge in [0.25, 0.3) is 0 Å². The van der Waals surface area contributed by atoms with Gasteiger partial charge in [-0.2, -0.15) is 0 Å². The lowest BCUT2D eigenvalue weighted by molar-refractivity contribution is -0.149. The predicted molar refractivity (Wildman–Crippen MR) is 95.5 cm³/mol. The minimum absolute atomic E-state index is 0.00846. The molecule has 0 aliphatic carbocycles. The van der Waals surface area contributed by atoms with Crippen molar-refractivity contribution < 1.29 is 9.53 Å². The lowest BCUT2D eigenvalue weighted by atomic mass is 10.1. The van der Waals surface area contributed by atoms with Crippen LogP contribution >= 0.6 is 11.6 Å². The molecule has 3 rings (SSSR count). The van der Waals surface area contributed by atoms with Crippen molar-refractivity contribution in [3.63, 3.8) is 0 Å². The van der Waals surface area contributed by atoms with Crippen molar-refractivity contribution in [1.82, 2.24) is 4.98 Å². The smallest absolute Gasteiger partial charge is 0.310 e. The SMILES string of the molecule is Cc1cccc(CC(=O)OC2CCN(c3ccc(Cl)cn3)CC2)c1. The van der Waals surface area contributed by atoms with Crippen LogP contribution in [0.15, 0.2) is 42.6 Å². The molecule has 5 heteroatoms. The van der Waals surface area contributed by atoms with E-state index in [4.69, 9.17) is 16.3 Å². The van der Waals surface area contributed by atoms with E-state index >= 15 is 0 Å². The molecular weight excluding hydrogens is 324 g/mol. The van der Waals surface area contributed by atoms with E-state index in [1.165, 1.54) is 0 Å². The fourth-order valence-corrected chi connectivity index (χ4v) is 3.09. The second-order valence-electron chi connectivity index (χ2n) is 6.18. The van der Waals surface area contributed by atoms with Crippen LogP contribution in [0.25, 0.3) is 0 Å². The number of benzene rings is 1. The van der Waals surface area contributed by atoms with Crippen LogP contribution in [0.4, 0.5) is 5.82 Å². The van der Waals surface area contributed by atoms with Crippen molar-refractivity contribution in [3.8, 4) is 0 Å². The maximum atomic E-state index is 12.1. The number of rotatable bonds is 4. The molecule has 24 heavy (non-hydrogen) atoms. The lowest BCUT2D eigenvalue weighted by Crippen LogP contribution is -2.38. The fourth-order valence-electron chi connectivity index (χ4n) is 2.97. The average molecular weight is 345 g/mol. The number of nitrogens with zero attached hydrogens (tertiary/aromatic N) is 2. The first-order valence-electron chi connectivity index (χ1n) is 8.22. The molecule has 1 saturated heterocycles. The zero-order valence-corrected chi connectivity index (χ0v) is 14.5. The van der Waals surface area contributed by atoms with E-state index in [0.29, 0.717) is 11.4 Å². The Hall–Kier alpha value is -2.07. The summed E-state index contributed by atoms with van der Waals surface area (Å²) in [6.45, 7) is 3.68. The largest absolute Gasteiger partial charge is 0.462 e. The maximum absolute atomic E-state index is 12.1. The first kappa shape index (κ1) is 16.8. The highest BCUT2D eigenvalue weighted by Gasteiger charge is 2.23. The van der Waals surface area contributed by atoms with Crippen LogP contribution in [0.3, 0.4) is 0 Å². The molecule has 0 unspecified atom stereocenters. The van der Waals surface area contributed by atoms with E-state index in [1.807, 2.05) is 43.3 Å². The Morgan fingerprint density at radius 1 is 1.29 bits per heavy atom. The summed E-state index contributed by atoms with van der Waals surface area (Å²) in [5.74, 6) is 0.771. The zero-order valence-electron chi connectivity index (χ0n) is 13.7. The quantitative estimate of drug-likeness (QED) is 0.791. The van der Waals surface area contributed by atoms with Gasteiger partial charge in [-0.1, -0.05) is 41.4 Å². The van der Waals surface area contributed by atoms with Crippen LogP contribution in [0.5, 0.6) is 0 Å². The summed E-state index contributed by atoms with van der Waals surface area (Å²) >= 11 is 5.87. The van der Waals surface area contributed by atoms with Crippen molar-refractivity contribution in [1.29, 1.82) is 0 Å². The van der Waals surface area contributed by atoms with E-state index < -0.39 is 0 Å². The second kappa shape index (κ2) is 7.67. The van der Waals surface area contributed by atoms with Gasteiger partial charge in [0.1, 0.15) is 11.9 Å². The molecule has 0 radical (unpaired) electrons. The van der Waals surface area contributed by atoms with Crippen LogP contribution in [0.2, 0.25) is 5.02 Å². The van der Waals surface area contributed by atoms with Gasteiger partial charge in [-0.15, -0.1) is 0 Å². The summed E-state index contributed by atoms with van der Waals surface area (Å²) < 4.78 is 5.63. The standard InChI is InChI=1S/C19H21ClN2O2/c1-14-3-2-4-15(11-14)12-19(23)24-17-7-9-22(10-8-17)18-6-5-16(20)13-21-18/h2-6,11,13,17H,7-10,12H2,1H3. The summed E-state index contributed by atoms with van der Waals surface area (Å²) in [6.07, 6.45) is 3.63. The molecule has 1 aliphatic heterocycles. The number of ether oxygens (including phenoxy) is 1. The minimum atomic E-state index is -0.149. The minimum Gasteiger partial charge on any atom is -0.462 e. The third-order valence-electron chi connectivity index (χ3n) is 4.21. The van der Waals surface area contributed by atoms with Gasteiger partial charge in [0.05, 0.1) is 11.4 Å². The summed E-state index contributed by atoms with van der Waals surface area (Å²) in [4.78, 5) is 18.7. The van der Waals surface area contributed by atoms with E-state index in [-0.39, 0.29) is 12.1 Å². The zero-order chi connectivity index (χ0) is 16.9. The van der Waals surface area contributed by atoms with Crippen LogP contribution in [0, 0.1) is 6.92 Å². The van der Waals surface area contributed by atoms with E-state index in [0.717, 1.165) is 42.9 Å². The van der Waals surface area contributed by atoms with Gasteiger partial charge in [-0.25, -0.2) is 4.98 Å². The van der Waals surface area contributed by atoms with Gasteiger partial charge in [-0.05, 0) is 24.6 Å². The first-order valence-corrected chi connectivity index (χ1v) is 8.59.